The van der Waals surface area contributed by atoms with Crippen LogP contribution in [0.4, 0.5) is 26.5 Å². The van der Waals surface area contributed by atoms with Gasteiger partial charge in [-0.2, -0.15) is 0 Å². The third-order valence-corrected chi connectivity index (χ3v) is 6.38. The Morgan fingerprint density at radius 3 is 2.82 bits per heavy atom. The number of amides is 1. The highest BCUT2D eigenvalue weighted by atomic mass is 35.5. The summed E-state index contributed by atoms with van der Waals surface area (Å²) < 4.78 is 19.9. The standard InChI is InChI=1S/C24H26ClFN6O2/c1-24(2,3)34-23(33)31-11-14-8-9-32(19(14)12-31)20-7-6-17-21(30-20)22(28-13-27-17)29-18-10-15(25)4-5-16(18)26/h4-7,10,13-14,19H,8-9,11-12H2,1-3H3,(H,27,28,29). The predicted octanol–water partition coefficient (Wildman–Crippen LogP) is 5.01. The lowest BCUT2D eigenvalue weighted by atomic mass is 10.1. The van der Waals surface area contributed by atoms with E-state index in [-0.39, 0.29) is 17.8 Å². The zero-order valence-corrected chi connectivity index (χ0v) is 20.0. The lowest BCUT2D eigenvalue weighted by Crippen LogP contribution is -2.39. The van der Waals surface area contributed by atoms with Crippen molar-refractivity contribution in [3.63, 3.8) is 0 Å². The molecule has 2 aromatic heterocycles. The van der Waals surface area contributed by atoms with Gasteiger partial charge in [0.2, 0.25) is 0 Å². The predicted molar refractivity (Wildman–Crippen MR) is 129 cm³/mol. The number of nitrogens with one attached hydrogen (secondary N) is 1. The minimum atomic E-state index is -0.528. The van der Waals surface area contributed by atoms with Crippen molar-refractivity contribution in [2.75, 3.05) is 29.9 Å². The first-order valence-corrected chi connectivity index (χ1v) is 11.6. The number of rotatable bonds is 3. The molecule has 1 aromatic carbocycles. The highest BCUT2D eigenvalue weighted by Crippen LogP contribution is 2.36. The number of hydrogen-bond donors (Lipinski definition) is 1. The van der Waals surface area contributed by atoms with Crippen LogP contribution in [0.15, 0.2) is 36.7 Å². The molecule has 2 atom stereocenters. The number of benzene rings is 1. The number of nitrogens with zero attached hydrogens (tertiary/aromatic N) is 5. The van der Waals surface area contributed by atoms with Gasteiger partial charge in [-0.05, 0) is 57.5 Å². The molecule has 0 saturated carbocycles. The maximum Gasteiger partial charge on any atom is 0.410 e. The van der Waals surface area contributed by atoms with Crippen LogP contribution in [-0.4, -0.2) is 57.2 Å². The maximum absolute atomic E-state index is 14.3. The van der Waals surface area contributed by atoms with Crippen molar-refractivity contribution >= 4 is 46.1 Å². The van der Waals surface area contributed by atoms with Gasteiger partial charge in [-0.25, -0.2) is 24.1 Å². The molecule has 0 bridgehead atoms. The molecule has 2 aliphatic heterocycles. The Morgan fingerprint density at radius 2 is 2.03 bits per heavy atom. The Balaban J connectivity index is 1.41. The second kappa shape index (κ2) is 8.54. The normalized spacial score (nSPS) is 20.0. The van der Waals surface area contributed by atoms with Crippen LogP contribution in [-0.2, 0) is 4.74 Å². The van der Waals surface area contributed by atoms with Crippen molar-refractivity contribution in [3.8, 4) is 0 Å². The number of hydrogen-bond acceptors (Lipinski definition) is 7. The van der Waals surface area contributed by atoms with Crippen LogP contribution in [0.25, 0.3) is 11.0 Å². The third kappa shape index (κ3) is 4.44. The molecule has 3 aromatic rings. The molecule has 34 heavy (non-hydrogen) atoms. The van der Waals surface area contributed by atoms with Crippen molar-refractivity contribution in [3.05, 3.63) is 47.5 Å². The molecule has 2 aliphatic rings. The summed E-state index contributed by atoms with van der Waals surface area (Å²) in [5.74, 6) is 1.08. The summed E-state index contributed by atoms with van der Waals surface area (Å²) in [6.45, 7) is 7.72. The second-order valence-electron chi connectivity index (χ2n) is 9.70. The number of anilines is 3. The summed E-state index contributed by atoms with van der Waals surface area (Å²) in [5, 5.41) is 3.41. The van der Waals surface area contributed by atoms with Gasteiger partial charge in [0.05, 0.1) is 17.2 Å². The molecule has 2 unspecified atom stereocenters. The second-order valence-corrected chi connectivity index (χ2v) is 10.1. The van der Waals surface area contributed by atoms with Crippen molar-refractivity contribution < 1.29 is 13.9 Å². The molecule has 5 rings (SSSR count). The minimum absolute atomic E-state index is 0.156. The first-order valence-electron chi connectivity index (χ1n) is 11.3. The molecule has 10 heteroatoms. The summed E-state index contributed by atoms with van der Waals surface area (Å²) in [7, 11) is 0. The molecule has 1 amide bonds. The Hall–Kier alpha value is -3.20. The maximum atomic E-state index is 14.3. The van der Waals surface area contributed by atoms with Gasteiger partial charge in [0.1, 0.15) is 29.1 Å². The molecule has 178 valence electrons. The van der Waals surface area contributed by atoms with Gasteiger partial charge in [-0.1, -0.05) is 11.6 Å². The minimum Gasteiger partial charge on any atom is -0.444 e. The van der Waals surface area contributed by atoms with Gasteiger partial charge in [0.25, 0.3) is 0 Å². The zero-order valence-electron chi connectivity index (χ0n) is 19.3. The van der Waals surface area contributed by atoms with Crippen molar-refractivity contribution in [2.24, 2.45) is 5.92 Å². The van der Waals surface area contributed by atoms with E-state index in [2.05, 4.69) is 20.2 Å². The van der Waals surface area contributed by atoms with E-state index in [0.717, 1.165) is 18.8 Å². The van der Waals surface area contributed by atoms with E-state index in [1.54, 1.807) is 4.90 Å². The average Bonchev–Trinajstić information content (AvgIpc) is 3.36. The zero-order chi connectivity index (χ0) is 24.0. The molecular formula is C24H26ClFN6O2. The fraction of sp³-hybridized carbons (Fsp3) is 0.417. The van der Waals surface area contributed by atoms with E-state index < -0.39 is 11.4 Å². The Bertz CT molecular complexity index is 1250. The first-order chi connectivity index (χ1) is 16.2. The van der Waals surface area contributed by atoms with E-state index in [9.17, 15) is 9.18 Å². The molecule has 0 radical (unpaired) electrons. The quantitative estimate of drug-likeness (QED) is 0.559. The van der Waals surface area contributed by atoms with Crippen LogP contribution in [0.5, 0.6) is 0 Å². The van der Waals surface area contributed by atoms with E-state index >= 15 is 0 Å². The van der Waals surface area contributed by atoms with Gasteiger partial charge >= 0.3 is 6.09 Å². The van der Waals surface area contributed by atoms with Crippen LogP contribution in [0.2, 0.25) is 5.02 Å². The van der Waals surface area contributed by atoms with Gasteiger partial charge < -0.3 is 19.9 Å². The van der Waals surface area contributed by atoms with E-state index in [4.69, 9.17) is 21.3 Å². The summed E-state index contributed by atoms with van der Waals surface area (Å²) >= 11 is 6.03. The van der Waals surface area contributed by atoms with Gasteiger partial charge in [-0.15, -0.1) is 0 Å². The average molecular weight is 485 g/mol. The van der Waals surface area contributed by atoms with Gasteiger partial charge in [-0.3, -0.25) is 0 Å². The van der Waals surface area contributed by atoms with Gasteiger partial charge in [0, 0.05) is 30.6 Å². The highest BCUT2D eigenvalue weighted by molar-refractivity contribution is 6.30. The number of carbonyl (C=O) groups excluding carboxylic acids is 1. The molecule has 0 aliphatic carbocycles. The SMILES string of the molecule is CC(C)(C)OC(=O)N1CC2CCN(c3ccc4ncnc(Nc5cc(Cl)ccc5F)c4n3)C2C1. The van der Waals surface area contributed by atoms with Crippen LogP contribution >= 0.6 is 11.6 Å². The lowest BCUT2D eigenvalue weighted by molar-refractivity contribution is 0.0284. The third-order valence-electron chi connectivity index (χ3n) is 6.14. The number of likely N-dealkylation sites (tertiary alicyclic amines) is 1. The number of aromatic nitrogens is 3. The van der Waals surface area contributed by atoms with Crippen molar-refractivity contribution in [1.29, 1.82) is 0 Å². The van der Waals surface area contributed by atoms with E-state index in [1.807, 2.05) is 32.9 Å². The Labute approximate surface area is 202 Å². The first kappa shape index (κ1) is 22.6. The molecule has 2 fully saturated rings. The summed E-state index contributed by atoms with van der Waals surface area (Å²) in [6.07, 6.45) is 2.10. The van der Waals surface area contributed by atoms with E-state index in [1.165, 1.54) is 24.5 Å². The molecule has 8 nitrogen and oxygen atoms in total. The Kier molecular flexibility index (Phi) is 5.67. The van der Waals surface area contributed by atoms with Crippen LogP contribution in [0, 0.1) is 11.7 Å². The number of ether oxygens (including phenoxy) is 1. The van der Waals surface area contributed by atoms with Crippen LogP contribution in [0.3, 0.4) is 0 Å². The molecule has 4 heterocycles. The monoisotopic (exact) mass is 484 g/mol. The Morgan fingerprint density at radius 1 is 1.21 bits per heavy atom. The van der Waals surface area contributed by atoms with Crippen LogP contribution in [0.1, 0.15) is 27.2 Å². The van der Waals surface area contributed by atoms with Crippen LogP contribution < -0.4 is 10.2 Å². The van der Waals surface area contributed by atoms with Crippen molar-refractivity contribution in [1.82, 2.24) is 19.9 Å². The number of halogens is 2. The smallest absolute Gasteiger partial charge is 0.410 e. The number of fused-ring (bicyclic) bond motifs is 2. The molecule has 2 saturated heterocycles. The summed E-state index contributed by atoms with van der Waals surface area (Å²) in [6, 6.07) is 8.26. The lowest BCUT2D eigenvalue weighted by Gasteiger charge is -2.27. The summed E-state index contributed by atoms with van der Waals surface area (Å²) in [5.41, 5.74) is 0.857. The fourth-order valence-corrected chi connectivity index (χ4v) is 4.80. The molecule has 0 spiro atoms. The van der Waals surface area contributed by atoms with E-state index in [0.29, 0.717) is 40.9 Å². The van der Waals surface area contributed by atoms with Gasteiger partial charge in [0.15, 0.2) is 5.82 Å². The molecule has 1 N–H and O–H groups in total. The topological polar surface area (TPSA) is 83.5 Å². The largest absolute Gasteiger partial charge is 0.444 e. The van der Waals surface area contributed by atoms with Crippen molar-refractivity contribution in [2.45, 2.75) is 38.8 Å². The number of carbonyl (C=O) groups is 1. The number of pyridine rings is 1. The molecular weight excluding hydrogens is 459 g/mol. The summed E-state index contributed by atoms with van der Waals surface area (Å²) in [4.78, 5) is 30.0. The highest BCUT2D eigenvalue weighted by Gasteiger charge is 2.44. The fourth-order valence-electron chi connectivity index (χ4n) is 4.62.